The average Bonchev–Trinajstić information content (AvgIpc) is 0.853. The highest BCUT2D eigenvalue weighted by atomic mass is 16.4. The number of aliphatic carboxylic acids is 7. The van der Waals surface area contributed by atoms with E-state index in [1.807, 2.05) is 12.1 Å². The Morgan fingerprint density at radius 1 is 0.473 bits per heavy atom. The molecule has 4 atom stereocenters. The minimum Gasteiger partial charge on any atom is -0.481 e. The van der Waals surface area contributed by atoms with Crippen LogP contribution in [-0.4, -0.2) is 370 Å². The predicted molar refractivity (Wildman–Crippen MR) is 408 cm³/mol. The average molecular weight is 1570 g/mol. The molecule has 4 aliphatic heterocycles. The van der Waals surface area contributed by atoms with E-state index in [1.54, 1.807) is 64.0 Å². The number of nitrogens with zero attached hydrogens (tertiary/aromatic N) is 10. The molecule has 0 bridgehead atoms. The van der Waals surface area contributed by atoms with E-state index in [0.29, 0.717) is 86.9 Å². The number of nitrogens with one attached hydrogen (secondary N) is 6. The third-order valence-electron chi connectivity index (χ3n) is 20.7. The van der Waals surface area contributed by atoms with Gasteiger partial charge in [0.05, 0.1) is 82.8 Å². The maximum Gasteiger partial charge on any atom is 0.317 e. The van der Waals surface area contributed by atoms with Gasteiger partial charge in [-0.2, -0.15) is 0 Å². The predicted octanol–water partition coefficient (Wildman–Crippen LogP) is -2.03. The first-order valence-corrected chi connectivity index (χ1v) is 38.9. The molecule has 0 spiro atoms. The fraction of sp³-hybridized carbons (Fsp3) is 0.658. The van der Waals surface area contributed by atoms with E-state index in [1.165, 1.54) is 12.4 Å². The summed E-state index contributed by atoms with van der Waals surface area (Å²) >= 11 is 0. The van der Waals surface area contributed by atoms with Crippen LogP contribution in [0.1, 0.15) is 118 Å². The van der Waals surface area contributed by atoms with Gasteiger partial charge in [0, 0.05) is 161 Å². The topological polar surface area (TPSA) is 478 Å². The van der Waals surface area contributed by atoms with Crippen LogP contribution in [0.3, 0.4) is 0 Å². The lowest BCUT2D eigenvalue weighted by atomic mass is 9.92. The van der Waals surface area contributed by atoms with Crippen LogP contribution in [0, 0.1) is 23.7 Å². The van der Waals surface area contributed by atoms with Crippen LogP contribution in [-0.2, 0) is 75.2 Å². The molecule has 0 aliphatic carbocycles. The van der Waals surface area contributed by atoms with E-state index in [-0.39, 0.29) is 189 Å². The van der Waals surface area contributed by atoms with Gasteiger partial charge < -0.3 is 72.5 Å². The minimum atomic E-state index is -1.14. The van der Waals surface area contributed by atoms with Crippen LogP contribution in [0.15, 0.2) is 36.7 Å². The molecule has 13 N–H and O–H groups in total. The lowest BCUT2D eigenvalue weighted by Crippen LogP contribution is -2.53. The quantitative estimate of drug-likeness (QED) is 0.0255. The fourth-order valence-electron chi connectivity index (χ4n) is 14.2. The molecule has 4 aliphatic rings. The number of carboxylic acids is 7. The number of aromatic nitrogens is 1. The molecule has 2 aromatic rings. The Morgan fingerprint density at radius 2 is 0.875 bits per heavy atom. The van der Waals surface area contributed by atoms with Gasteiger partial charge in [0.2, 0.25) is 35.4 Å². The maximum atomic E-state index is 13.9. The van der Waals surface area contributed by atoms with E-state index < -0.39 is 95.9 Å². The van der Waals surface area contributed by atoms with E-state index in [0.717, 1.165) is 43.5 Å². The molecule has 2 unspecified atom stereocenters. The zero-order valence-electron chi connectivity index (χ0n) is 64.7. The van der Waals surface area contributed by atoms with Crippen molar-refractivity contribution in [2.45, 2.75) is 115 Å². The van der Waals surface area contributed by atoms with Gasteiger partial charge in [-0.25, -0.2) is 0 Å². The second-order valence-corrected chi connectivity index (χ2v) is 29.4. The number of carboxylic acid groups (broad SMARTS) is 7. The third-order valence-corrected chi connectivity index (χ3v) is 20.7. The summed E-state index contributed by atoms with van der Waals surface area (Å²) in [6.07, 6.45) is 10.5. The fourth-order valence-corrected chi connectivity index (χ4v) is 14.2. The van der Waals surface area contributed by atoms with Crippen LogP contribution < -0.4 is 31.9 Å². The Hall–Kier alpha value is -9.32. The molecular weight excluding hydrogens is 1460 g/mol. The van der Waals surface area contributed by atoms with Crippen molar-refractivity contribution in [1.82, 2.24) is 81.0 Å². The van der Waals surface area contributed by atoms with Gasteiger partial charge >= 0.3 is 41.8 Å². The summed E-state index contributed by atoms with van der Waals surface area (Å²) in [6, 6.07) is 5.05. The number of aryl methyl sites for hydroxylation is 2. The molecule has 4 fully saturated rings. The number of hydrogen-bond acceptors (Lipinski definition) is 23. The number of hydrogen-bond donors (Lipinski definition) is 13. The minimum absolute atomic E-state index is 0.0175. The Morgan fingerprint density at radius 3 is 1.28 bits per heavy atom. The van der Waals surface area contributed by atoms with Crippen molar-refractivity contribution in [3.05, 3.63) is 64.5 Å². The summed E-state index contributed by atoms with van der Waals surface area (Å²) in [5.74, 6) is -3.44. The van der Waals surface area contributed by atoms with Gasteiger partial charge in [-0.3, -0.25) is 107 Å². The van der Waals surface area contributed by atoms with Crippen molar-refractivity contribution in [1.29, 1.82) is 0 Å². The number of amides is 6. The van der Waals surface area contributed by atoms with Crippen molar-refractivity contribution in [3.63, 3.8) is 0 Å². The summed E-state index contributed by atoms with van der Waals surface area (Å²) in [7, 11) is 0. The number of rotatable bonds is 38. The summed E-state index contributed by atoms with van der Waals surface area (Å²) < 4.78 is 0. The summed E-state index contributed by atoms with van der Waals surface area (Å²) in [4.78, 5) is 183. The largest absolute Gasteiger partial charge is 0.481 e. The molecule has 0 radical (unpaired) electrons. The normalized spacial score (nSPS) is 18.7. The van der Waals surface area contributed by atoms with Crippen LogP contribution in [0.5, 0.6) is 0 Å². The third kappa shape index (κ3) is 36.0. The Balaban J connectivity index is 1.08. The zero-order valence-corrected chi connectivity index (χ0v) is 64.7. The Labute approximate surface area is 653 Å². The smallest absolute Gasteiger partial charge is 0.317 e. The number of pyridine rings is 1. The van der Waals surface area contributed by atoms with Crippen molar-refractivity contribution in [2.75, 3.05) is 196 Å². The first kappa shape index (κ1) is 91.6. The highest BCUT2D eigenvalue weighted by Gasteiger charge is 2.33. The molecule has 1 aromatic carbocycles. The molecule has 112 heavy (non-hydrogen) atoms. The first-order valence-electron chi connectivity index (χ1n) is 38.9. The number of likely N-dealkylation sites (tertiary alicyclic amines) is 1. The van der Waals surface area contributed by atoms with Gasteiger partial charge in [-0.1, -0.05) is 17.9 Å². The van der Waals surface area contributed by atoms with Crippen molar-refractivity contribution >= 4 is 77.2 Å². The number of unbranched alkanes of at least 4 members (excludes halogenated alkanes) is 2. The highest BCUT2D eigenvalue weighted by Crippen LogP contribution is 2.25. The first-order chi connectivity index (χ1) is 53.5. The van der Waals surface area contributed by atoms with Gasteiger partial charge in [0.15, 0.2) is 0 Å². The molecule has 36 heteroatoms. The molecular formula is C76H116N16O20. The number of benzene rings is 1. The number of carbonyl (C=O) groups is 13. The molecule has 620 valence electrons. The number of carbonyl (C=O) groups excluding carboxylic acids is 6. The van der Waals surface area contributed by atoms with E-state index in [4.69, 9.17) is 0 Å². The molecule has 6 amide bonds. The molecule has 6 rings (SSSR count). The van der Waals surface area contributed by atoms with E-state index in [2.05, 4.69) is 54.8 Å². The van der Waals surface area contributed by atoms with Crippen molar-refractivity contribution in [2.24, 2.45) is 11.8 Å². The molecule has 0 saturated carbocycles. The van der Waals surface area contributed by atoms with E-state index in [9.17, 15) is 98.1 Å². The van der Waals surface area contributed by atoms with Gasteiger partial charge in [0.1, 0.15) is 0 Å². The monoisotopic (exact) mass is 1570 g/mol. The zero-order chi connectivity index (χ0) is 81.5. The maximum absolute atomic E-state index is 13.9. The highest BCUT2D eigenvalue weighted by molar-refractivity contribution is 5.88. The lowest BCUT2D eigenvalue weighted by Gasteiger charge is -2.35. The molecule has 4 saturated heterocycles. The standard InChI is InChI=1S/C76H116N16O20/c1-54(90-34-30-86(50-70(102)103)26-22-84(48-68(98)99)23-27-87(31-35-90)51-71(104)105)74(110)81-45-64(93)79-17-5-3-8-57-38-58(9-4-6-18-80-65(94)46-82-75(111)55(2)91-36-32-88(52-72(106)107)28-24-85(49-69(100)101)25-29-89(33-37-91)53-73(108)109)40-59(39-57)11-12-60-41-62(44-78-43-60)63(42-67(96)97)83-76(112)61-10-7-21-92(47-61)66(95)14-13-56-15-19-77-20-16-56/h38-41,43-44,54-56,61,63,77H,3-10,13-37,42,45-53H2,1-2H3,(H,79,93)(H,80,94)(H,81,110)(H,82,111)(H,83,112)(H,96,97)(H,98,99)(H,100,101)(H,102,103)(H,104,105)(H,106,107)(H,108,109)/t54?,55?,61-,63+/m1/s1. The van der Waals surface area contributed by atoms with Crippen LogP contribution in [0.4, 0.5) is 0 Å². The Bertz CT molecular complexity index is 3330. The second kappa shape index (κ2) is 49.2. The van der Waals surface area contributed by atoms with Gasteiger partial charge in [-0.05, 0) is 138 Å². The second-order valence-electron chi connectivity index (χ2n) is 29.4. The van der Waals surface area contributed by atoms with Crippen LogP contribution in [0.25, 0.3) is 0 Å². The van der Waals surface area contributed by atoms with Gasteiger partial charge in [-0.15, -0.1) is 0 Å². The SMILES string of the molecule is CC(C(=O)NCC(=O)NCCCCc1cc(C#Cc2cncc([C@H](CC(=O)O)NC(=O)[C@@H]3CCCN(C(=O)CCC4CCNCC4)C3)c2)cc(CCCCNC(=O)CNC(=O)C(C)N2CCN(CC(=O)O)CCN(CC(=O)O)CCN(CC(=O)O)CC2)c1)N1CCN(CC(=O)O)CCN(CC(=O)O)CCN(CC(=O)O)CC1. The summed E-state index contributed by atoms with van der Waals surface area (Å²) in [6.45, 7) is 7.15. The number of piperidine rings is 2. The van der Waals surface area contributed by atoms with E-state index >= 15 is 0 Å². The van der Waals surface area contributed by atoms with Crippen LogP contribution >= 0.6 is 0 Å². The van der Waals surface area contributed by atoms with Crippen molar-refractivity contribution in [3.8, 4) is 11.8 Å². The molecule has 36 nitrogen and oxygen atoms in total. The van der Waals surface area contributed by atoms with Gasteiger partial charge in [0.25, 0.3) is 0 Å². The molecule has 1 aromatic heterocycles. The lowest BCUT2D eigenvalue weighted by molar-refractivity contribution is -0.141. The molecule has 5 heterocycles. The summed E-state index contributed by atoms with van der Waals surface area (Å²) in [5, 5.41) is 85.1. The Kier molecular flexibility index (Phi) is 40.3. The summed E-state index contributed by atoms with van der Waals surface area (Å²) in [5.41, 5.74) is 3.39. The van der Waals surface area contributed by atoms with Crippen molar-refractivity contribution < 1.29 is 98.1 Å². The van der Waals surface area contributed by atoms with Crippen LogP contribution in [0.2, 0.25) is 0 Å².